The van der Waals surface area contributed by atoms with Crippen molar-refractivity contribution in [3.8, 4) is 5.75 Å². The topological polar surface area (TPSA) is 67.4 Å². The summed E-state index contributed by atoms with van der Waals surface area (Å²) in [6, 6.07) is 10.1. The Kier molecular flexibility index (Phi) is 6.06. The number of rotatable bonds is 4. The quantitative estimate of drug-likeness (QED) is 0.814. The summed E-state index contributed by atoms with van der Waals surface area (Å²) in [7, 11) is 0. The first kappa shape index (κ1) is 18.1. The van der Waals surface area contributed by atoms with Gasteiger partial charge in [0.1, 0.15) is 5.75 Å². The molecule has 2 rings (SSSR count). The molecule has 0 spiro atoms. The Morgan fingerprint density at radius 1 is 1.00 bits per heavy atom. The average Bonchev–Trinajstić information content (AvgIpc) is 2.52. The molecule has 0 aliphatic rings. The van der Waals surface area contributed by atoms with E-state index in [0.717, 1.165) is 11.1 Å². The summed E-state index contributed by atoms with van der Waals surface area (Å²) in [6.45, 7) is 3.65. The largest absolute Gasteiger partial charge is 0.484 e. The number of nitrogens with one attached hydrogen (secondary N) is 2. The van der Waals surface area contributed by atoms with Gasteiger partial charge in [-0.15, -0.1) is 0 Å². The molecule has 0 aromatic heterocycles. The second-order valence-corrected chi connectivity index (χ2v) is 6.08. The number of aryl methyl sites for hydroxylation is 2. The molecule has 5 nitrogen and oxygen atoms in total. The van der Waals surface area contributed by atoms with Gasteiger partial charge in [-0.1, -0.05) is 29.3 Å². The van der Waals surface area contributed by atoms with Gasteiger partial charge in [-0.05, 0) is 55.3 Å². The van der Waals surface area contributed by atoms with E-state index in [1.807, 2.05) is 32.0 Å². The van der Waals surface area contributed by atoms with Crippen LogP contribution in [0.3, 0.4) is 0 Å². The Labute approximate surface area is 149 Å². The van der Waals surface area contributed by atoms with Gasteiger partial charge in [-0.25, -0.2) is 0 Å². The van der Waals surface area contributed by atoms with E-state index in [-0.39, 0.29) is 17.2 Å². The average molecular weight is 367 g/mol. The molecule has 0 bridgehead atoms. The number of halogens is 2. The molecule has 126 valence electrons. The molecule has 0 fully saturated rings. The Balaban J connectivity index is 1.86. The lowest BCUT2D eigenvalue weighted by molar-refractivity contribution is -0.123. The number of hydrogen-bond acceptors (Lipinski definition) is 3. The van der Waals surface area contributed by atoms with Crippen LogP contribution in [0.15, 0.2) is 36.4 Å². The molecule has 2 aromatic rings. The second kappa shape index (κ2) is 8.04. The number of carbonyl (C=O) groups is 2. The molecule has 0 unspecified atom stereocenters. The number of amides is 2. The molecular weight excluding hydrogens is 351 g/mol. The minimum Gasteiger partial charge on any atom is -0.484 e. The van der Waals surface area contributed by atoms with Gasteiger partial charge in [0.25, 0.3) is 11.8 Å². The predicted octanol–water partition coefficient (Wildman–Crippen LogP) is 3.45. The molecule has 24 heavy (non-hydrogen) atoms. The minimum absolute atomic E-state index is 0.166. The number of ether oxygens (including phenoxy) is 1. The van der Waals surface area contributed by atoms with Crippen molar-refractivity contribution in [3.05, 3.63) is 63.1 Å². The number of hydrazine groups is 1. The third kappa shape index (κ3) is 5.15. The number of hydrogen-bond donors (Lipinski definition) is 2. The smallest absolute Gasteiger partial charge is 0.276 e. The van der Waals surface area contributed by atoms with Gasteiger partial charge in [-0.2, -0.15) is 0 Å². The van der Waals surface area contributed by atoms with Crippen LogP contribution in [0, 0.1) is 13.8 Å². The van der Waals surface area contributed by atoms with E-state index < -0.39 is 11.8 Å². The highest BCUT2D eigenvalue weighted by molar-refractivity contribution is 6.35. The zero-order valence-electron chi connectivity index (χ0n) is 13.2. The lowest BCUT2D eigenvalue weighted by Gasteiger charge is -2.10. The van der Waals surface area contributed by atoms with Crippen molar-refractivity contribution in [1.82, 2.24) is 10.9 Å². The van der Waals surface area contributed by atoms with E-state index in [4.69, 9.17) is 27.9 Å². The van der Waals surface area contributed by atoms with Crippen molar-refractivity contribution < 1.29 is 14.3 Å². The highest BCUT2D eigenvalue weighted by atomic mass is 35.5. The van der Waals surface area contributed by atoms with Crippen LogP contribution in [0.25, 0.3) is 0 Å². The zero-order chi connectivity index (χ0) is 17.7. The van der Waals surface area contributed by atoms with Crippen LogP contribution >= 0.6 is 23.2 Å². The Morgan fingerprint density at radius 2 is 1.67 bits per heavy atom. The molecule has 0 saturated carbocycles. The molecular formula is C17H16Cl2N2O3. The summed E-state index contributed by atoms with van der Waals surface area (Å²) in [5.74, 6) is -0.477. The summed E-state index contributed by atoms with van der Waals surface area (Å²) < 4.78 is 5.40. The maximum Gasteiger partial charge on any atom is 0.276 e. The van der Waals surface area contributed by atoms with Crippen LogP contribution < -0.4 is 15.6 Å². The fourth-order valence-electron chi connectivity index (χ4n) is 2.07. The van der Waals surface area contributed by atoms with Crippen LogP contribution in [-0.2, 0) is 4.79 Å². The first-order valence-corrected chi connectivity index (χ1v) is 7.86. The van der Waals surface area contributed by atoms with Crippen molar-refractivity contribution >= 4 is 35.0 Å². The van der Waals surface area contributed by atoms with E-state index in [2.05, 4.69) is 10.9 Å². The third-order valence-electron chi connectivity index (χ3n) is 3.05. The molecule has 0 aliphatic heterocycles. The van der Waals surface area contributed by atoms with Crippen molar-refractivity contribution in [2.24, 2.45) is 0 Å². The monoisotopic (exact) mass is 366 g/mol. The van der Waals surface area contributed by atoms with Crippen LogP contribution in [0.1, 0.15) is 21.5 Å². The van der Waals surface area contributed by atoms with E-state index in [9.17, 15) is 9.59 Å². The van der Waals surface area contributed by atoms with Crippen LogP contribution in [0.2, 0.25) is 10.0 Å². The van der Waals surface area contributed by atoms with Gasteiger partial charge < -0.3 is 4.74 Å². The van der Waals surface area contributed by atoms with E-state index in [1.165, 1.54) is 12.1 Å². The lowest BCUT2D eigenvalue weighted by Crippen LogP contribution is -2.43. The number of carbonyl (C=O) groups excluding carboxylic acids is 2. The fourth-order valence-corrected chi connectivity index (χ4v) is 2.44. The third-order valence-corrected chi connectivity index (χ3v) is 3.62. The summed E-state index contributed by atoms with van der Waals surface area (Å²) in [5.41, 5.74) is 6.77. The molecule has 0 aliphatic carbocycles. The van der Waals surface area contributed by atoms with Gasteiger partial charge in [0, 0.05) is 5.02 Å². The highest BCUT2D eigenvalue weighted by Gasteiger charge is 2.12. The predicted molar refractivity (Wildman–Crippen MR) is 93.5 cm³/mol. The first-order valence-electron chi connectivity index (χ1n) is 7.10. The summed E-state index contributed by atoms with van der Waals surface area (Å²) in [5, 5.41) is 0.603. The summed E-state index contributed by atoms with van der Waals surface area (Å²) in [6.07, 6.45) is 0. The standard InChI is InChI=1S/C17H16Cl2N2O3/c1-10-5-11(2)7-13(6-10)24-9-16(22)20-21-17(23)14-8-12(18)3-4-15(14)19/h3-8H,9H2,1-2H3,(H,20,22)(H,21,23). The van der Waals surface area contributed by atoms with Crippen molar-refractivity contribution in [1.29, 1.82) is 0 Å². The summed E-state index contributed by atoms with van der Waals surface area (Å²) in [4.78, 5) is 23.7. The molecule has 2 N–H and O–H groups in total. The molecule has 2 aromatic carbocycles. The van der Waals surface area contributed by atoms with Crippen LogP contribution in [0.4, 0.5) is 0 Å². The molecule has 0 atom stereocenters. The lowest BCUT2D eigenvalue weighted by atomic mass is 10.1. The molecule has 0 heterocycles. The fraction of sp³-hybridized carbons (Fsp3) is 0.176. The van der Waals surface area contributed by atoms with Crippen molar-refractivity contribution in [2.75, 3.05) is 6.61 Å². The normalized spacial score (nSPS) is 10.2. The van der Waals surface area contributed by atoms with Crippen molar-refractivity contribution in [2.45, 2.75) is 13.8 Å². The first-order chi connectivity index (χ1) is 11.3. The molecule has 0 saturated heterocycles. The molecule has 7 heteroatoms. The Bertz CT molecular complexity index is 758. The highest BCUT2D eigenvalue weighted by Crippen LogP contribution is 2.20. The number of benzene rings is 2. The van der Waals surface area contributed by atoms with Gasteiger partial charge >= 0.3 is 0 Å². The van der Waals surface area contributed by atoms with E-state index in [0.29, 0.717) is 10.8 Å². The maximum atomic E-state index is 12.0. The Hall–Kier alpha value is -2.24. The maximum absolute atomic E-state index is 12.0. The summed E-state index contributed by atoms with van der Waals surface area (Å²) >= 11 is 11.7. The minimum atomic E-state index is -0.567. The molecule has 0 radical (unpaired) electrons. The van der Waals surface area contributed by atoms with Gasteiger partial charge in [-0.3, -0.25) is 20.4 Å². The van der Waals surface area contributed by atoms with E-state index >= 15 is 0 Å². The molecule has 2 amide bonds. The van der Waals surface area contributed by atoms with E-state index in [1.54, 1.807) is 6.07 Å². The second-order valence-electron chi connectivity index (χ2n) is 5.24. The van der Waals surface area contributed by atoms with Crippen LogP contribution in [0.5, 0.6) is 5.75 Å². The SMILES string of the molecule is Cc1cc(C)cc(OCC(=O)NNC(=O)c2cc(Cl)ccc2Cl)c1. The zero-order valence-corrected chi connectivity index (χ0v) is 14.7. The van der Waals surface area contributed by atoms with Crippen LogP contribution in [-0.4, -0.2) is 18.4 Å². The van der Waals surface area contributed by atoms with Crippen molar-refractivity contribution in [3.63, 3.8) is 0 Å². The Morgan fingerprint density at radius 3 is 2.33 bits per heavy atom. The van der Waals surface area contributed by atoms with Gasteiger partial charge in [0.15, 0.2) is 6.61 Å². The van der Waals surface area contributed by atoms with Gasteiger partial charge in [0.2, 0.25) is 0 Å². The van der Waals surface area contributed by atoms with Gasteiger partial charge in [0.05, 0.1) is 10.6 Å².